The average Bonchev–Trinajstić information content (AvgIpc) is 3.58. The number of ether oxygens (including phenoxy) is 2. The van der Waals surface area contributed by atoms with Gasteiger partial charge in [-0.25, -0.2) is 0 Å². The summed E-state index contributed by atoms with van der Waals surface area (Å²) in [6.45, 7) is 3.91. The molecule has 90 heavy (non-hydrogen) atoms. The summed E-state index contributed by atoms with van der Waals surface area (Å²) in [5.41, 5.74) is 0. The third-order valence-electron chi connectivity index (χ3n) is 15.4. The molecule has 0 rings (SSSR count). The van der Waals surface area contributed by atoms with Crippen molar-refractivity contribution in [1.29, 1.82) is 0 Å². The molecule has 1 atom stereocenters. The van der Waals surface area contributed by atoms with Gasteiger partial charge in [-0.3, -0.25) is 9.59 Å². The standard InChI is InChI=1S/C85H136O5/c1-3-5-7-9-11-13-15-17-19-21-23-25-27-29-31-33-35-37-39-40-41-42-43-44-46-47-49-51-53-55-57-59-61-63-65-67-69-71-73-75-77-79-84(87)89-82-83(81-86)90-85(88)80-78-76-74-72-70-68-66-64-62-60-58-56-54-52-50-48-45-38-36-34-32-30-28-26-24-22-20-18-16-14-12-10-8-6-4-2/h5-8,11-14,17-20,23-26,29-32,35-38,40-41,48,50,54,56,60,62,83,86H,3-4,9-10,15-16,21-22,27-28,33-34,39,42-47,49,51-53,55,57-59,61,63-82H2,1-2H3/b7-5-,8-6-,13-11-,14-12-,19-17-,20-18-,25-23-,26-24-,31-29-,32-30-,37-35-,38-36-,41-40-,50-48-,56-54-,62-60-. The molecule has 0 aromatic heterocycles. The third kappa shape index (κ3) is 75.2. The zero-order valence-corrected chi connectivity index (χ0v) is 58.1. The summed E-state index contributed by atoms with van der Waals surface area (Å²) in [6, 6.07) is 0. The van der Waals surface area contributed by atoms with Crippen LogP contribution in [0.1, 0.15) is 309 Å². The van der Waals surface area contributed by atoms with Crippen LogP contribution in [-0.4, -0.2) is 36.4 Å². The van der Waals surface area contributed by atoms with Crippen LogP contribution in [0.15, 0.2) is 194 Å². The summed E-state index contributed by atoms with van der Waals surface area (Å²) in [4.78, 5) is 24.7. The van der Waals surface area contributed by atoms with Crippen LogP contribution in [0.25, 0.3) is 0 Å². The van der Waals surface area contributed by atoms with Crippen molar-refractivity contribution in [3.63, 3.8) is 0 Å². The van der Waals surface area contributed by atoms with Gasteiger partial charge < -0.3 is 14.6 Å². The van der Waals surface area contributed by atoms with Crippen molar-refractivity contribution < 1.29 is 24.2 Å². The summed E-state index contributed by atoms with van der Waals surface area (Å²) in [7, 11) is 0. The van der Waals surface area contributed by atoms with E-state index in [1.54, 1.807) is 0 Å². The fraction of sp³-hybridized carbons (Fsp3) is 0.600. The van der Waals surface area contributed by atoms with Gasteiger partial charge in [0.25, 0.3) is 0 Å². The first-order valence-corrected chi connectivity index (χ1v) is 37.0. The van der Waals surface area contributed by atoms with Crippen LogP contribution in [0.3, 0.4) is 0 Å². The minimum Gasteiger partial charge on any atom is -0.462 e. The van der Waals surface area contributed by atoms with Gasteiger partial charge in [0.05, 0.1) is 6.61 Å². The number of aliphatic hydroxyl groups is 1. The van der Waals surface area contributed by atoms with Crippen LogP contribution < -0.4 is 0 Å². The molecular formula is C85H136O5. The quantitative estimate of drug-likeness (QED) is 0.0373. The number of esters is 2. The molecule has 0 aliphatic carbocycles. The van der Waals surface area contributed by atoms with Gasteiger partial charge in [-0.2, -0.15) is 0 Å². The fourth-order valence-corrected chi connectivity index (χ4v) is 9.94. The van der Waals surface area contributed by atoms with E-state index >= 15 is 0 Å². The molecule has 0 heterocycles. The lowest BCUT2D eigenvalue weighted by Crippen LogP contribution is -2.28. The summed E-state index contributed by atoms with van der Waals surface area (Å²) in [6.07, 6.45) is 123. The molecule has 0 saturated carbocycles. The second kappa shape index (κ2) is 78.0. The Morgan fingerprint density at radius 3 is 0.667 bits per heavy atom. The molecule has 0 aliphatic heterocycles. The molecule has 5 heteroatoms. The number of hydrogen-bond donors (Lipinski definition) is 1. The average molecular weight is 1240 g/mol. The molecule has 0 bridgehead atoms. The van der Waals surface area contributed by atoms with Crippen LogP contribution in [-0.2, 0) is 19.1 Å². The predicted molar refractivity (Wildman–Crippen MR) is 398 cm³/mol. The molecule has 1 N–H and O–H groups in total. The number of carbonyl (C=O) groups is 2. The predicted octanol–water partition coefficient (Wildman–Crippen LogP) is 26.3. The zero-order chi connectivity index (χ0) is 64.7. The number of rotatable bonds is 66. The van der Waals surface area contributed by atoms with Gasteiger partial charge in [0.2, 0.25) is 0 Å². The second-order valence-corrected chi connectivity index (χ2v) is 23.9. The van der Waals surface area contributed by atoms with E-state index in [1.807, 2.05) is 0 Å². The third-order valence-corrected chi connectivity index (χ3v) is 15.4. The molecule has 0 radical (unpaired) electrons. The highest BCUT2D eigenvalue weighted by Gasteiger charge is 2.16. The Kier molecular flexibility index (Phi) is 73.4. The molecule has 506 valence electrons. The Bertz CT molecular complexity index is 2040. The van der Waals surface area contributed by atoms with Crippen molar-refractivity contribution >= 4 is 11.9 Å². The van der Waals surface area contributed by atoms with Crippen LogP contribution in [0.4, 0.5) is 0 Å². The van der Waals surface area contributed by atoms with Crippen LogP contribution in [0, 0.1) is 0 Å². The van der Waals surface area contributed by atoms with Crippen LogP contribution >= 0.6 is 0 Å². The lowest BCUT2D eigenvalue weighted by molar-refractivity contribution is -0.161. The highest BCUT2D eigenvalue weighted by molar-refractivity contribution is 5.70. The summed E-state index contributed by atoms with van der Waals surface area (Å²) in [5, 5.41) is 9.72. The lowest BCUT2D eigenvalue weighted by atomic mass is 10.0. The first-order chi connectivity index (χ1) is 44.6. The largest absolute Gasteiger partial charge is 0.462 e. The van der Waals surface area contributed by atoms with Gasteiger partial charge in [-0.05, 0) is 141 Å². The monoisotopic (exact) mass is 1240 g/mol. The van der Waals surface area contributed by atoms with Crippen molar-refractivity contribution in [2.75, 3.05) is 13.2 Å². The van der Waals surface area contributed by atoms with Crippen molar-refractivity contribution in [2.24, 2.45) is 0 Å². The van der Waals surface area contributed by atoms with E-state index in [9.17, 15) is 14.7 Å². The van der Waals surface area contributed by atoms with E-state index in [0.717, 1.165) is 148 Å². The van der Waals surface area contributed by atoms with Gasteiger partial charge in [-0.15, -0.1) is 0 Å². The molecule has 0 amide bonds. The maximum atomic E-state index is 12.4. The van der Waals surface area contributed by atoms with E-state index in [0.29, 0.717) is 12.8 Å². The fourth-order valence-electron chi connectivity index (χ4n) is 9.94. The first-order valence-electron chi connectivity index (χ1n) is 37.0. The van der Waals surface area contributed by atoms with E-state index in [-0.39, 0.29) is 25.2 Å². The number of allylic oxidation sites excluding steroid dienone is 32. The van der Waals surface area contributed by atoms with Crippen molar-refractivity contribution in [3.8, 4) is 0 Å². The van der Waals surface area contributed by atoms with Crippen LogP contribution in [0.5, 0.6) is 0 Å². The van der Waals surface area contributed by atoms with Gasteiger partial charge >= 0.3 is 11.9 Å². The van der Waals surface area contributed by atoms with Gasteiger partial charge in [0.1, 0.15) is 6.61 Å². The highest BCUT2D eigenvalue weighted by Crippen LogP contribution is 2.17. The normalized spacial score (nSPS) is 13.4. The van der Waals surface area contributed by atoms with Gasteiger partial charge in [0, 0.05) is 12.8 Å². The number of unbranched alkanes of at least 4 members (excludes halogenated alkanes) is 26. The van der Waals surface area contributed by atoms with Crippen molar-refractivity contribution in [1.82, 2.24) is 0 Å². The molecular weight excluding hydrogens is 1100 g/mol. The molecule has 1 unspecified atom stereocenters. The van der Waals surface area contributed by atoms with E-state index < -0.39 is 6.10 Å². The Balaban J connectivity index is 3.54. The number of aliphatic hydroxyl groups excluding tert-OH is 1. The molecule has 0 aromatic rings. The molecule has 0 spiro atoms. The highest BCUT2D eigenvalue weighted by atomic mass is 16.6. The Morgan fingerprint density at radius 1 is 0.256 bits per heavy atom. The van der Waals surface area contributed by atoms with E-state index in [2.05, 4.69) is 208 Å². The first kappa shape index (κ1) is 84.7. The molecule has 0 fully saturated rings. The molecule has 0 aromatic carbocycles. The summed E-state index contributed by atoms with van der Waals surface area (Å²) < 4.78 is 10.8. The SMILES string of the molecule is CC/C=C\C/C=C\C/C=C\C/C=C\C/C=C\C/C=C\C/C=C\C/C=C\C/C=C\CCCCCCCCCC(=O)OC(CO)COC(=O)CCCCCCCCCCCCCCCCCCCCC/C=C\C/C=C\C/C=C\C/C=C\C/C=C\C/C=C\C/C=C\CC. The minimum absolute atomic E-state index is 0.0787. The Morgan fingerprint density at radius 2 is 0.444 bits per heavy atom. The maximum absolute atomic E-state index is 12.4. The molecule has 0 aliphatic rings. The topological polar surface area (TPSA) is 72.8 Å². The Hall–Kier alpha value is -5.26. The van der Waals surface area contributed by atoms with Crippen LogP contribution in [0.2, 0.25) is 0 Å². The summed E-state index contributed by atoms with van der Waals surface area (Å²) in [5.74, 6) is -0.606. The van der Waals surface area contributed by atoms with Crippen molar-refractivity contribution in [2.45, 2.75) is 315 Å². The maximum Gasteiger partial charge on any atom is 0.306 e. The second-order valence-electron chi connectivity index (χ2n) is 23.9. The number of carbonyl (C=O) groups excluding carboxylic acids is 2. The summed E-state index contributed by atoms with van der Waals surface area (Å²) >= 11 is 0. The van der Waals surface area contributed by atoms with E-state index in [1.165, 1.54) is 135 Å². The van der Waals surface area contributed by atoms with Gasteiger partial charge in [-0.1, -0.05) is 350 Å². The minimum atomic E-state index is -0.792. The van der Waals surface area contributed by atoms with Gasteiger partial charge in [0.15, 0.2) is 6.10 Å². The smallest absolute Gasteiger partial charge is 0.306 e. The lowest BCUT2D eigenvalue weighted by Gasteiger charge is -2.15. The number of hydrogen-bond acceptors (Lipinski definition) is 5. The molecule has 5 nitrogen and oxygen atoms in total. The molecule has 0 saturated heterocycles. The van der Waals surface area contributed by atoms with Crippen molar-refractivity contribution in [3.05, 3.63) is 194 Å². The zero-order valence-electron chi connectivity index (χ0n) is 58.1. The van der Waals surface area contributed by atoms with E-state index in [4.69, 9.17) is 9.47 Å². The Labute approximate surface area is 556 Å².